The topological polar surface area (TPSA) is 53.1 Å². The van der Waals surface area contributed by atoms with E-state index in [-0.39, 0.29) is 0 Å². The summed E-state index contributed by atoms with van der Waals surface area (Å²) in [6.07, 6.45) is 1.75. The van der Waals surface area contributed by atoms with Gasteiger partial charge in [-0.3, -0.25) is 4.90 Å². The maximum Gasteiger partial charge on any atom is 0.113 e. The number of aromatic nitrogens is 1. The Morgan fingerprint density at radius 2 is 1.42 bits per heavy atom. The van der Waals surface area contributed by atoms with E-state index in [1.54, 1.807) is 6.20 Å². The van der Waals surface area contributed by atoms with Crippen molar-refractivity contribution in [1.82, 2.24) is 9.88 Å². The van der Waals surface area contributed by atoms with Crippen LogP contribution in [-0.2, 0) is 18.9 Å². The van der Waals surface area contributed by atoms with Crippen LogP contribution < -0.4 is 0 Å². The highest BCUT2D eigenvalue weighted by Crippen LogP contribution is 1.93. The van der Waals surface area contributed by atoms with Gasteiger partial charge in [-0.2, -0.15) is 0 Å². The van der Waals surface area contributed by atoms with Crippen LogP contribution in [0.1, 0.15) is 5.69 Å². The van der Waals surface area contributed by atoms with Crippen molar-refractivity contribution >= 4 is 0 Å². The predicted molar refractivity (Wildman–Crippen MR) is 90.8 cm³/mol. The summed E-state index contributed by atoms with van der Waals surface area (Å²) in [6.45, 7) is 7.20. The summed E-state index contributed by atoms with van der Waals surface area (Å²) in [7, 11) is 0. The molecule has 24 heavy (non-hydrogen) atoms. The Kier molecular flexibility index (Phi) is 10.1. The minimum absolute atomic E-state index is 0.596. The van der Waals surface area contributed by atoms with Crippen LogP contribution in [0.3, 0.4) is 0 Å². The molecule has 0 atom stereocenters. The van der Waals surface area contributed by atoms with Gasteiger partial charge in [-0.1, -0.05) is 12.0 Å². The lowest BCUT2D eigenvalue weighted by atomic mass is 10.3. The van der Waals surface area contributed by atoms with Gasteiger partial charge >= 0.3 is 0 Å². The fraction of sp³-hybridized carbons (Fsp3) is 0.611. The minimum atomic E-state index is 0.596. The minimum Gasteiger partial charge on any atom is -0.378 e. The van der Waals surface area contributed by atoms with E-state index in [0.29, 0.717) is 59.4 Å². The van der Waals surface area contributed by atoms with Crippen LogP contribution in [0.5, 0.6) is 0 Å². The van der Waals surface area contributed by atoms with Crippen molar-refractivity contribution in [3.8, 4) is 11.8 Å². The summed E-state index contributed by atoms with van der Waals surface area (Å²) < 4.78 is 22.0. The third kappa shape index (κ3) is 8.96. The highest BCUT2D eigenvalue weighted by molar-refractivity contribution is 5.26. The Morgan fingerprint density at radius 3 is 1.96 bits per heavy atom. The van der Waals surface area contributed by atoms with E-state index in [0.717, 1.165) is 18.8 Å². The third-order valence-electron chi connectivity index (χ3n) is 3.40. The largest absolute Gasteiger partial charge is 0.378 e. The first kappa shape index (κ1) is 18.8. The molecule has 0 bridgehead atoms. The molecule has 0 N–H and O–H groups in total. The average Bonchev–Trinajstić information content (AvgIpc) is 2.62. The lowest BCUT2D eigenvalue weighted by Gasteiger charge is -2.19. The Hall–Kier alpha value is -1.49. The number of pyridine rings is 1. The molecule has 6 heteroatoms. The molecule has 1 aliphatic rings. The van der Waals surface area contributed by atoms with Crippen LogP contribution >= 0.6 is 0 Å². The molecule has 6 nitrogen and oxygen atoms in total. The smallest absolute Gasteiger partial charge is 0.113 e. The van der Waals surface area contributed by atoms with Gasteiger partial charge in [-0.15, -0.1) is 0 Å². The summed E-state index contributed by atoms with van der Waals surface area (Å²) in [4.78, 5) is 6.42. The van der Waals surface area contributed by atoms with Crippen molar-refractivity contribution in [3.63, 3.8) is 0 Å². The van der Waals surface area contributed by atoms with Crippen LogP contribution in [0, 0.1) is 11.8 Å². The molecular formula is C18H26N2O4. The number of nitrogens with zero attached hydrogens (tertiary/aromatic N) is 2. The number of hydrogen-bond donors (Lipinski definition) is 0. The first-order valence-corrected chi connectivity index (χ1v) is 8.38. The molecular weight excluding hydrogens is 308 g/mol. The third-order valence-corrected chi connectivity index (χ3v) is 3.40. The fourth-order valence-corrected chi connectivity index (χ4v) is 2.10. The monoisotopic (exact) mass is 334 g/mol. The molecule has 2 rings (SSSR count). The highest BCUT2D eigenvalue weighted by atomic mass is 16.6. The average molecular weight is 334 g/mol. The van der Waals surface area contributed by atoms with E-state index in [1.807, 2.05) is 18.2 Å². The molecule has 0 saturated carbocycles. The van der Waals surface area contributed by atoms with Crippen LogP contribution in [0.4, 0.5) is 0 Å². The van der Waals surface area contributed by atoms with Crippen molar-refractivity contribution in [2.24, 2.45) is 0 Å². The fourth-order valence-electron chi connectivity index (χ4n) is 2.10. The lowest BCUT2D eigenvalue weighted by molar-refractivity contribution is 0.00206. The molecule has 1 saturated heterocycles. The molecule has 1 fully saturated rings. The van der Waals surface area contributed by atoms with Crippen molar-refractivity contribution in [2.45, 2.75) is 0 Å². The molecule has 0 amide bonds. The molecule has 1 aliphatic heterocycles. The Balaban J connectivity index is 1.77. The maximum atomic E-state index is 5.60. The molecule has 0 aromatic carbocycles. The van der Waals surface area contributed by atoms with Gasteiger partial charge in [-0.05, 0) is 18.1 Å². The Labute approximate surface area is 144 Å². The molecule has 0 radical (unpaired) electrons. The summed E-state index contributed by atoms with van der Waals surface area (Å²) in [6, 6.07) is 5.73. The molecule has 1 aromatic rings. The zero-order chi connectivity index (χ0) is 16.7. The van der Waals surface area contributed by atoms with Crippen LogP contribution in [0.15, 0.2) is 24.4 Å². The van der Waals surface area contributed by atoms with E-state index < -0.39 is 0 Å². The van der Waals surface area contributed by atoms with Crippen molar-refractivity contribution < 1.29 is 18.9 Å². The number of ether oxygens (including phenoxy) is 4. The summed E-state index contributed by atoms with van der Waals surface area (Å²) >= 11 is 0. The predicted octanol–water partition coefficient (Wildman–Crippen LogP) is 0.815. The normalized spacial score (nSPS) is 19.5. The standard InChI is InChI=1S/C18H26N2O4/c1-2-6-19-18(4-1)5-3-7-20-8-10-21-12-14-23-16-17-24-15-13-22-11-9-20/h1-2,4,6H,7-17H2. The zero-order valence-electron chi connectivity index (χ0n) is 14.1. The maximum absolute atomic E-state index is 5.60. The van der Waals surface area contributed by atoms with Crippen molar-refractivity contribution in [1.29, 1.82) is 0 Å². The Bertz CT molecular complexity index is 471. The molecule has 0 aliphatic carbocycles. The van der Waals surface area contributed by atoms with E-state index in [1.165, 1.54) is 0 Å². The molecule has 2 heterocycles. The van der Waals surface area contributed by atoms with Gasteiger partial charge in [0.25, 0.3) is 0 Å². The van der Waals surface area contributed by atoms with Gasteiger partial charge in [0.15, 0.2) is 0 Å². The second kappa shape index (κ2) is 12.9. The first-order chi connectivity index (χ1) is 11.9. The second-order valence-electron chi connectivity index (χ2n) is 5.24. The van der Waals surface area contributed by atoms with Crippen LogP contribution in [0.2, 0.25) is 0 Å². The van der Waals surface area contributed by atoms with E-state index >= 15 is 0 Å². The summed E-state index contributed by atoms with van der Waals surface area (Å²) in [5.41, 5.74) is 0.789. The zero-order valence-corrected chi connectivity index (χ0v) is 14.1. The SMILES string of the molecule is C(#Cc1ccccn1)CN1CCOCCOCCOCCOCC1. The van der Waals surface area contributed by atoms with Gasteiger partial charge in [0.1, 0.15) is 5.69 Å². The summed E-state index contributed by atoms with van der Waals surface area (Å²) in [5, 5.41) is 0. The van der Waals surface area contributed by atoms with Gasteiger partial charge in [-0.25, -0.2) is 4.98 Å². The van der Waals surface area contributed by atoms with Crippen LogP contribution in [0.25, 0.3) is 0 Å². The van der Waals surface area contributed by atoms with Crippen molar-refractivity contribution in [2.75, 3.05) is 72.5 Å². The van der Waals surface area contributed by atoms with Gasteiger partial charge in [0.2, 0.25) is 0 Å². The molecule has 0 unspecified atom stereocenters. The van der Waals surface area contributed by atoms with Gasteiger partial charge < -0.3 is 18.9 Å². The van der Waals surface area contributed by atoms with E-state index in [4.69, 9.17) is 18.9 Å². The first-order valence-electron chi connectivity index (χ1n) is 8.38. The van der Waals surface area contributed by atoms with E-state index in [2.05, 4.69) is 21.7 Å². The summed E-state index contributed by atoms with van der Waals surface area (Å²) in [5.74, 6) is 6.25. The van der Waals surface area contributed by atoms with E-state index in [9.17, 15) is 0 Å². The van der Waals surface area contributed by atoms with Crippen molar-refractivity contribution in [3.05, 3.63) is 30.1 Å². The molecule has 1 aromatic heterocycles. The second-order valence-corrected chi connectivity index (χ2v) is 5.24. The van der Waals surface area contributed by atoms with Gasteiger partial charge in [0.05, 0.1) is 59.4 Å². The Morgan fingerprint density at radius 1 is 0.833 bits per heavy atom. The van der Waals surface area contributed by atoms with Crippen LogP contribution in [-0.4, -0.2) is 82.4 Å². The number of rotatable bonds is 1. The molecule has 132 valence electrons. The number of hydrogen-bond acceptors (Lipinski definition) is 6. The lowest BCUT2D eigenvalue weighted by Crippen LogP contribution is -2.32. The quantitative estimate of drug-likeness (QED) is 0.709. The highest BCUT2D eigenvalue weighted by Gasteiger charge is 2.04. The van der Waals surface area contributed by atoms with Gasteiger partial charge in [0, 0.05) is 19.3 Å². The molecule has 0 spiro atoms.